The number of ether oxygens (including phenoxy) is 1. The Balaban J connectivity index is 1.77. The number of amides is 1. The molecule has 1 aliphatic rings. The van der Waals surface area contributed by atoms with Crippen molar-refractivity contribution in [3.63, 3.8) is 0 Å². The Bertz CT molecular complexity index is 445. The molecule has 1 atom stereocenters. The zero-order chi connectivity index (χ0) is 15.5. The summed E-state index contributed by atoms with van der Waals surface area (Å²) >= 11 is 0. The summed E-state index contributed by atoms with van der Waals surface area (Å²) in [7, 11) is 0. The predicted molar refractivity (Wildman–Crippen MR) is 81.0 cm³/mol. The second-order valence-corrected chi connectivity index (χ2v) is 6.64. The van der Waals surface area contributed by atoms with E-state index in [1.807, 2.05) is 26.8 Å². The quantitative estimate of drug-likeness (QED) is 0.898. The number of nitrogens with zero attached hydrogens (tertiary/aromatic N) is 2. The maximum Gasteiger partial charge on any atom is 0.410 e. The molecule has 1 unspecified atom stereocenters. The van der Waals surface area contributed by atoms with E-state index >= 15 is 0 Å². The fourth-order valence-electron chi connectivity index (χ4n) is 2.51. The van der Waals surface area contributed by atoms with Crippen molar-refractivity contribution in [2.45, 2.75) is 58.2 Å². The molecular weight excluding hydrogens is 268 g/mol. The van der Waals surface area contributed by atoms with Gasteiger partial charge < -0.3 is 15.0 Å². The van der Waals surface area contributed by atoms with Gasteiger partial charge in [-0.15, -0.1) is 0 Å². The van der Waals surface area contributed by atoms with Gasteiger partial charge in [0.25, 0.3) is 0 Å². The molecule has 0 bridgehead atoms. The first kappa shape index (κ1) is 15.8. The topological polar surface area (TPSA) is 70.2 Å². The number of aromatic nitrogens is 2. The Morgan fingerprint density at radius 3 is 2.67 bits per heavy atom. The van der Waals surface area contributed by atoms with E-state index in [1.165, 1.54) is 0 Å². The molecule has 1 aromatic heterocycles. The molecule has 0 radical (unpaired) electrons. The van der Waals surface area contributed by atoms with Crippen LogP contribution in [0.15, 0.2) is 12.3 Å². The summed E-state index contributed by atoms with van der Waals surface area (Å²) < 4.78 is 5.41. The second-order valence-electron chi connectivity index (χ2n) is 6.64. The zero-order valence-electron chi connectivity index (χ0n) is 13.3. The minimum atomic E-state index is -0.429. The molecule has 0 aliphatic carbocycles. The van der Waals surface area contributed by atoms with E-state index in [9.17, 15) is 4.79 Å². The second kappa shape index (κ2) is 6.47. The molecule has 1 fully saturated rings. The molecule has 1 amide bonds. The molecule has 1 saturated heterocycles. The maximum absolute atomic E-state index is 12.0. The van der Waals surface area contributed by atoms with Gasteiger partial charge in [0.15, 0.2) is 0 Å². The minimum Gasteiger partial charge on any atom is -0.444 e. The van der Waals surface area contributed by atoms with Gasteiger partial charge in [-0.1, -0.05) is 0 Å². The Hall–Kier alpha value is -1.56. The maximum atomic E-state index is 12.0. The van der Waals surface area contributed by atoms with E-state index in [1.54, 1.807) is 11.1 Å². The van der Waals surface area contributed by atoms with Crippen LogP contribution in [0.1, 0.15) is 52.3 Å². The number of carbonyl (C=O) groups excluding carboxylic acids is 1. The van der Waals surface area contributed by atoms with Crippen LogP contribution in [-0.4, -0.2) is 45.9 Å². The third-order valence-electron chi connectivity index (χ3n) is 3.62. The van der Waals surface area contributed by atoms with E-state index in [4.69, 9.17) is 4.74 Å². The first-order valence-electron chi connectivity index (χ1n) is 7.58. The van der Waals surface area contributed by atoms with Crippen LogP contribution in [0.4, 0.5) is 4.79 Å². The third-order valence-corrected chi connectivity index (χ3v) is 3.62. The molecular formula is C15H26N4O2. The van der Waals surface area contributed by atoms with Crippen molar-refractivity contribution < 1.29 is 9.53 Å². The highest BCUT2D eigenvalue weighted by molar-refractivity contribution is 5.68. The molecule has 0 saturated carbocycles. The van der Waals surface area contributed by atoms with E-state index in [-0.39, 0.29) is 12.1 Å². The number of H-pyrrole nitrogens is 1. The lowest BCUT2D eigenvalue weighted by molar-refractivity contribution is 0.0196. The van der Waals surface area contributed by atoms with Crippen molar-refractivity contribution in [2.24, 2.45) is 0 Å². The molecule has 2 N–H and O–H groups in total. The van der Waals surface area contributed by atoms with Crippen molar-refractivity contribution in [3.05, 3.63) is 18.0 Å². The Morgan fingerprint density at radius 1 is 1.48 bits per heavy atom. The van der Waals surface area contributed by atoms with Crippen molar-refractivity contribution in [3.8, 4) is 0 Å². The number of rotatable bonds is 3. The summed E-state index contributed by atoms with van der Waals surface area (Å²) in [6.07, 6.45) is 3.44. The smallest absolute Gasteiger partial charge is 0.410 e. The van der Waals surface area contributed by atoms with Gasteiger partial charge in [-0.05, 0) is 46.6 Å². The lowest BCUT2D eigenvalue weighted by atomic mass is 10.0. The standard InChI is InChI=1S/C15H26N4O2/c1-11(13-5-8-16-18-13)17-12-6-9-19(10-7-12)14(20)21-15(2,3)4/h5,8,11-12,17H,6-7,9-10H2,1-4H3,(H,16,18). The molecule has 2 heterocycles. The molecule has 6 heteroatoms. The Kier molecular flexibility index (Phi) is 4.88. The van der Waals surface area contributed by atoms with Gasteiger partial charge in [0.2, 0.25) is 0 Å². The van der Waals surface area contributed by atoms with Crippen LogP contribution in [0.5, 0.6) is 0 Å². The van der Waals surface area contributed by atoms with Crippen LogP contribution in [-0.2, 0) is 4.74 Å². The van der Waals surface area contributed by atoms with E-state index in [0.29, 0.717) is 6.04 Å². The summed E-state index contributed by atoms with van der Waals surface area (Å²) in [5.41, 5.74) is 0.658. The average molecular weight is 294 g/mol. The first-order valence-corrected chi connectivity index (χ1v) is 7.58. The zero-order valence-corrected chi connectivity index (χ0v) is 13.3. The van der Waals surface area contributed by atoms with Gasteiger partial charge in [0.05, 0.1) is 5.69 Å². The molecule has 21 heavy (non-hydrogen) atoms. The van der Waals surface area contributed by atoms with Crippen LogP contribution in [0, 0.1) is 0 Å². The predicted octanol–water partition coefficient (Wildman–Crippen LogP) is 2.46. The van der Waals surface area contributed by atoms with Gasteiger partial charge in [0.1, 0.15) is 5.60 Å². The Labute approximate surface area is 126 Å². The van der Waals surface area contributed by atoms with Gasteiger partial charge in [-0.3, -0.25) is 5.10 Å². The highest BCUT2D eigenvalue weighted by Gasteiger charge is 2.27. The van der Waals surface area contributed by atoms with Gasteiger partial charge in [-0.2, -0.15) is 5.10 Å². The van der Waals surface area contributed by atoms with Crippen molar-refractivity contribution in [1.29, 1.82) is 0 Å². The minimum absolute atomic E-state index is 0.206. The number of carbonyl (C=O) groups is 1. The van der Waals surface area contributed by atoms with Crippen LogP contribution in [0.3, 0.4) is 0 Å². The summed E-state index contributed by atoms with van der Waals surface area (Å²) in [5, 5.41) is 10.5. The number of hydrogen-bond acceptors (Lipinski definition) is 4. The van der Waals surface area contributed by atoms with Crippen LogP contribution in [0.2, 0.25) is 0 Å². The summed E-state index contributed by atoms with van der Waals surface area (Å²) in [4.78, 5) is 13.8. The highest BCUT2D eigenvalue weighted by atomic mass is 16.6. The molecule has 1 aliphatic heterocycles. The Morgan fingerprint density at radius 2 is 2.14 bits per heavy atom. The SMILES string of the molecule is CC(NC1CCN(C(=O)OC(C)(C)C)CC1)c1ccn[nH]1. The number of likely N-dealkylation sites (tertiary alicyclic amines) is 1. The van der Waals surface area contributed by atoms with Crippen LogP contribution in [0.25, 0.3) is 0 Å². The normalized spacial score (nSPS) is 18.6. The summed E-state index contributed by atoms with van der Waals surface area (Å²) in [6.45, 7) is 9.28. The average Bonchev–Trinajstić information content (AvgIpc) is 2.91. The van der Waals surface area contributed by atoms with E-state index < -0.39 is 5.60 Å². The molecule has 6 nitrogen and oxygen atoms in total. The lowest BCUT2D eigenvalue weighted by Gasteiger charge is -2.34. The first-order chi connectivity index (χ1) is 9.85. The largest absolute Gasteiger partial charge is 0.444 e. The van der Waals surface area contributed by atoms with E-state index in [0.717, 1.165) is 31.6 Å². The van der Waals surface area contributed by atoms with Crippen LogP contribution < -0.4 is 5.32 Å². The molecule has 1 aromatic rings. The fraction of sp³-hybridized carbons (Fsp3) is 0.733. The van der Waals surface area contributed by atoms with Crippen molar-refractivity contribution in [2.75, 3.05) is 13.1 Å². The molecule has 0 spiro atoms. The van der Waals surface area contributed by atoms with E-state index in [2.05, 4.69) is 22.4 Å². The number of nitrogens with one attached hydrogen (secondary N) is 2. The molecule has 118 valence electrons. The number of piperidine rings is 1. The summed E-state index contributed by atoms with van der Waals surface area (Å²) in [6, 6.07) is 2.64. The van der Waals surface area contributed by atoms with Gasteiger partial charge in [-0.25, -0.2) is 4.79 Å². The summed E-state index contributed by atoms with van der Waals surface area (Å²) in [5.74, 6) is 0. The van der Waals surface area contributed by atoms with Gasteiger partial charge >= 0.3 is 6.09 Å². The lowest BCUT2D eigenvalue weighted by Crippen LogP contribution is -2.47. The molecule has 2 rings (SSSR count). The van der Waals surface area contributed by atoms with Gasteiger partial charge in [0, 0.05) is 31.4 Å². The van der Waals surface area contributed by atoms with Crippen LogP contribution >= 0.6 is 0 Å². The third kappa shape index (κ3) is 4.74. The highest BCUT2D eigenvalue weighted by Crippen LogP contribution is 2.18. The molecule has 0 aromatic carbocycles. The fourth-order valence-corrected chi connectivity index (χ4v) is 2.51. The number of aromatic amines is 1. The van der Waals surface area contributed by atoms with Crippen molar-refractivity contribution in [1.82, 2.24) is 20.4 Å². The van der Waals surface area contributed by atoms with Crippen molar-refractivity contribution >= 4 is 6.09 Å². The monoisotopic (exact) mass is 294 g/mol. The number of hydrogen-bond donors (Lipinski definition) is 2.